The molecule has 1 fully saturated rings. The number of rotatable bonds is 3. The summed E-state index contributed by atoms with van der Waals surface area (Å²) in [6.45, 7) is 3.70. The van der Waals surface area contributed by atoms with Gasteiger partial charge in [0.15, 0.2) is 0 Å². The second-order valence-corrected chi connectivity index (χ2v) is 5.94. The number of hydrogen-bond acceptors (Lipinski definition) is 2. The lowest BCUT2D eigenvalue weighted by atomic mass is 9.72. The summed E-state index contributed by atoms with van der Waals surface area (Å²) in [6.07, 6.45) is 6.95. The molecule has 3 rings (SSSR count). The van der Waals surface area contributed by atoms with Crippen molar-refractivity contribution >= 4 is 0 Å². The lowest BCUT2D eigenvalue weighted by Gasteiger charge is -2.42. The summed E-state index contributed by atoms with van der Waals surface area (Å²) in [4.78, 5) is 2.55. The molecule has 0 saturated carbocycles. The topological polar surface area (TPSA) is 23.5 Å². The van der Waals surface area contributed by atoms with Crippen molar-refractivity contribution in [2.75, 3.05) is 19.7 Å². The van der Waals surface area contributed by atoms with Crippen LogP contribution in [0.1, 0.15) is 18.4 Å². The predicted octanol–water partition coefficient (Wildman–Crippen LogP) is 2.69. The lowest BCUT2D eigenvalue weighted by Crippen LogP contribution is -2.44. The minimum Gasteiger partial charge on any atom is -0.396 e. The molecule has 102 valence electrons. The molecule has 1 saturated heterocycles. The number of fused-ring (bicyclic) bond motifs is 1. The van der Waals surface area contributed by atoms with Crippen molar-refractivity contribution in [2.45, 2.75) is 19.4 Å². The van der Waals surface area contributed by atoms with Gasteiger partial charge in [0.1, 0.15) is 0 Å². The van der Waals surface area contributed by atoms with E-state index < -0.39 is 0 Å². The van der Waals surface area contributed by atoms with Crippen LogP contribution in [0, 0.1) is 17.8 Å². The minimum atomic E-state index is 0.338. The summed E-state index contributed by atoms with van der Waals surface area (Å²) >= 11 is 0. The Morgan fingerprint density at radius 1 is 1.21 bits per heavy atom. The van der Waals surface area contributed by atoms with Crippen molar-refractivity contribution in [3.8, 4) is 0 Å². The van der Waals surface area contributed by atoms with Crippen molar-refractivity contribution in [3.05, 3.63) is 48.0 Å². The number of nitrogens with zero attached hydrogens (tertiary/aromatic N) is 1. The van der Waals surface area contributed by atoms with E-state index in [0.717, 1.165) is 19.5 Å². The third-order valence-corrected chi connectivity index (χ3v) is 4.71. The predicted molar refractivity (Wildman–Crippen MR) is 77.6 cm³/mol. The highest BCUT2D eigenvalue weighted by Crippen LogP contribution is 2.36. The summed E-state index contributed by atoms with van der Waals surface area (Å²) in [7, 11) is 0. The molecule has 2 nitrogen and oxygen atoms in total. The van der Waals surface area contributed by atoms with E-state index in [-0.39, 0.29) is 0 Å². The third-order valence-electron chi connectivity index (χ3n) is 4.71. The first-order chi connectivity index (χ1) is 9.36. The van der Waals surface area contributed by atoms with E-state index in [1.54, 1.807) is 0 Å². The van der Waals surface area contributed by atoms with Gasteiger partial charge in [-0.3, -0.25) is 4.90 Å². The van der Waals surface area contributed by atoms with Gasteiger partial charge in [0.2, 0.25) is 0 Å². The molecule has 1 N–H and O–H groups in total. The van der Waals surface area contributed by atoms with Crippen LogP contribution in [0.4, 0.5) is 0 Å². The van der Waals surface area contributed by atoms with E-state index in [9.17, 15) is 5.11 Å². The third kappa shape index (κ3) is 2.90. The van der Waals surface area contributed by atoms with E-state index >= 15 is 0 Å². The van der Waals surface area contributed by atoms with Gasteiger partial charge in [0.05, 0.1) is 0 Å². The van der Waals surface area contributed by atoms with Crippen LogP contribution < -0.4 is 0 Å². The maximum atomic E-state index is 9.55. The van der Waals surface area contributed by atoms with E-state index in [0.29, 0.717) is 24.4 Å². The average molecular weight is 257 g/mol. The van der Waals surface area contributed by atoms with Crippen LogP contribution in [0.25, 0.3) is 0 Å². The Balaban J connectivity index is 1.65. The van der Waals surface area contributed by atoms with Crippen LogP contribution in [0.15, 0.2) is 42.5 Å². The first-order valence-electron chi connectivity index (χ1n) is 7.40. The number of benzene rings is 1. The van der Waals surface area contributed by atoms with Crippen molar-refractivity contribution in [1.29, 1.82) is 0 Å². The molecular formula is C17H23NO. The fourth-order valence-electron chi connectivity index (χ4n) is 3.61. The zero-order chi connectivity index (χ0) is 13.1. The van der Waals surface area contributed by atoms with Gasteiger partial charge in [0.25, 0.3) is 0 Å². The van der Waals surface area contributed by atoms with Gasteiger partial charge < -0.3 is 5.11 Å². The van der Waals surface area contributed by atoms with Crippen molar-refractivity contribution < 1.29 is 5.11 Å². The Hall–Kier alpha value is -1.12. The first-order valence-corrected chi connectivity index (χ1v) is 7.40. The van der Waals surface area contributed by atoms with Crippen LogP contribution in [0.3, 0.4) is 0 Å². The summed E-state index contributed by atoms with van der Waals surface area (Å²) in [6, 6.07) is 10.7. The molecule has 0 amide bonds. The summed E-state index contributed by atoms with van der Waals surface area (Å²) in [5, 5.41) is 9.55. The lowest BCUT2D eigenvalue weighted by molar-refractivity contribution is 0.0600. The van der Waals surface area contributed by atoms with Crippen molar-refractivity contribution in [1.82, 2.24) is 4.90 Å². The van der Waals surface area contributed by atoms with Crippen LogP contribution in [0.2, 0.25) is 0 Å². The quantitative estimate of drug-likeness (QED) is 0.842. The van der Waals surface area contributed by atoms with Gasteiger partial charge in [-0.25, -0.2) is 0 Å². The Morgan fingerprint density at radius 2 is 2.05 bits per heavy atom. The monoisotopic (exact) mass is 257 g/mol. The van der Waals surface area contributed by atoms with Gasteiger partial charge in [0, 0.05) is 19.7 Å². The molecule has 3 unspecified atom stereocenters. The molecule has 0 bridgehead atoms. The first kappa shape index (κ1) is 12.9. The second-order valence-electron chi connectivity index (χ2n) is 5.94. The number of aliphatic hydroxyl groups excluding tert-OH is 1. The highest BCUT2D eigenvalue weighted by Gasteiger charge is 2.34. The molecule has 1 aromatic carbocycles. The smallest absolute Gasteiger partial charge is 0.0465 e. The van der Waals surface area contributed by atoms with E-state index in [2.05, 4.69) is 47.4 Å². The molecule has 1 aromatic rings. The summed E-state index contributed by atoms with van der Waals surface area (Å²) < 4.78 is 0. The molecule has 0 aromatic heterocycles. The average Bonchev–Trinajstić information content (AvgIpc) is 2.47. The fourth-order valence-corrected chi connectivity index (χ4v) is 3.61. The number of piperidine rings is 1. The molecular weight excluding hydrogens is 234 g/mol. The van der Waals surface area contributed by atoms with Gasteiger partial charge in [-0.2, -0.15) is 0 Å². The minimum absolute atomic E-state index is 0.338. The normalized spacial score (nSPS) is 31.1. The van der Waals surface area contributed by atoms with Gasteiger partial charge in [-0.15, -0.1) is 0 Å². The molecule has 3 atom stereocenters. The molecule has 1 aliphatic carbocycles. The number of hydrogen-bond donors (Lipinski definition) is 1. The van der Waals surface area contributed by atoms with Gasteiger partial charge in [-0.1, -0.05) is 42.5 Å². The van der Waals surface area contributed by atoms with E-state index in [1.807, 2.05) is 0 Å². The van der Waals surface area contributed by atoms with Crippen LogP contribution in [-0.4, -0.2) is 29.7 Å². The molecule has 1 aliphatic heterocycles. The molecule has 2 heteroatoms. The Labute approximate surface area is 115 Å². The maximum Gasteiger partial charge on any atom is 0.0465 e. The Bertz CT molecular complexity index is 428. The zero-order valence-corrected chi connectivity index (χ0v) is 11.4. The molecule has 19 heavy (non-hydrogen) atoms. The van der Waals surface area contributed by atoms with Crippen LogP contribution in [0.5, 0.6) is 0 Å². The molecule has 2 aliphatic rings. The summed E-state index contributed by atoms with van der Waals surface area (Å²) in [5.74, 6) is 1.80. The van der Waals surface area contributed by atoms with Crippen molar-refractivity contribution in [2.24, 2.45) is 17.8 Å². The zero-order valence-electron chi connectivity index (χ0n) is 11.4. The number of aliphatic hydroxyl groups is 1. The van der Waals surface area contributed by atoms with E-state index in [1.165, 1.54) is 18.5 Å². The highest BCUT2D eigenvalue weighted by atomic mass is 16.3. The van der Waals surface area contributed by atoms with Crippen LogP contribution in [-0.2, 0) is 6.54 Å². The standard InChI is InChI=1S/C17H23NO/c19-13-16-8-4-7-15-9-10-18(12-17(15)16)11-14-5-2-1-3-6-14/h1-7,15-17,19H,8-13H2. The van der Waals surface area contributed by atoms with E-state index in [4.69, 9.17) is 0 Å². The fraction of sp³-hybridized carbons (Fsp3) is 0.529. The van der Waals surface area contributed by atoms with Gasteiger partial charge >= 0.3 is 0 Å². The Morgan fingerprint density at radius 3 is 2.84 bits per heavy atom. The Kier molecular flexibility index (Phi) is 4.00. The molecule has 0 radical (unpaired) electrons. The van der Waals surface area contributed by atoms with Crippen molar-refractivity contribution in [3.63, 3.8) is 0 Å². The number of allylic oxidation sites excluding steroid dienone is 2. The second kappa shape index (κ2) is 5.89. The molecule has 0 spiro atoms. The van der Waals surface area contributed by atoms with Crippen LogP contribution >= 0.6 is 0 Å². The maximum absolute atomic E-state index is 9.55. The number of likely N-dealkylation sites (tertiary alicyclic amines) is 1. The largest absolute Gasteiger partial charge is 0.396 e. The molecule has 1 heterocycles. The van der Waals surface area contributed by atoms with Gasteiger partial charge in [-0.05, 0) is 42.7 Å². The SMILES string of the molecule is OCC1CC=CC2CCN(Cc3ccccc3)CC21. The highest BCUT2D eigenvalue weighted by molar-refractivity contribution is 5.15. The summed E-state index contributed by atoms with van der Waals surface area (Å²) in [5.41, 5.74) is 1.40.